The van der Waals surface area contributed by atoms with Gasteiger partial charge in [0.15, 0.2) is 0 Å². The molecule has 0 aliphatic carbocycles. The van der Waals surface area contributed by atoms with Crippen molar-refractivity contribution < 1.29 is 4.79 Å². The Kier molecular flexibility index (Phi) is 3.33. The molecule has 0 aromatic heterocycles. The Morgan fingerprint density at radius 1 is 1.53 bits per heavy atom. The highest BCUT2D eigenvalue weighted by Crippen LogP contribution is 2.27. The number of amides is 1. The first-order valence-corrected chi connectivity index (χ1v) is 4.68. The summed E-state index contributed by atoms with van der Waals surface area (Å²) in [5, 5.41) is 9.20. The van der Waals surface area contributed by atoms with Gasteiger partial charge in [0.05, 0.1) is 17.9 Å². The zero-order chi connectivity index (χ0) is 11.5. The third-order valence-corrected chi connectivity index (χ3v) is 2.56. The molecule has 0 saturated carbocycles. The second kappa shape index (κ2) is 4.33. The lowest BCUT2D eigenvalue weighted by Crippen LogP contribution is -2.38. The highest BCUT2D eigenvalue weighted by Gasteiger charge is 2.33. The second-order valence-corrected chi connectivity index (χ2v) is 3.78. The van der Waals surface area contributed by atoms with E-state index in [-0.39, 0.29) is 0 Å². The Bertz CT molecular complexity index is 408. The van der Waals surface area contributed by atoms with Crippen LogP contribution in [0.25, 0.3) is 0 Å². The van der Waals surface area contributed by atoms with E-state index in [0.29, 0.717) is 10.6 Å². The molecule has 1 amide bonds. The van der Waals surface area contributed by atoms with Gasteiger partial charge in [-0.3, -0.25) is 4.79 Å². The van der Waals surface area contributed by atoms with Crippen LogP contribution in [0.1, 0.15) is 12.5 Å². The summed E-state index contributed by atoms with van der Waals surface area (Å²) in [6, 6.07) is 8.52. The smallest absolute Gasteiger partial charge is 0.229 e. The molecule has 3 nitrogen and oxygen atoms in total. The minimum absolute atomic E-state index is 0.564. The van der Waals surface area contributed by atoms with Crippen molar-refractivity contribution in [1.29, 1.82) is 5.26 Å². The minimum Gasteiger partial charge on any atom is -0.369 e. The molecule has 0 aliphatic heterocycles. The highest BCUT2D eigenvalue weighted by atomic mass is 35.5. The van der Waals surface area contributed by atoms with Gasteiger partial charge in [-0.2, -0.15) is 5.26 Å². The van der Waals surface area contributed by atoms with Gasteiger partial charge in [-0.25, -0.2) is 0 Å². The number of carbonyl (C=O) groups excluding carboxylic acids is 1. The lowest BCUT2D eigenvalue weighted by molar-refractivity contribution is -0.121. The molecular weight excluding hydrogens is 212 g/mol. The van der Waals surface area contributed by atoms with Gasteiger partial charge < -0.3 is 5.73 Å². The predicted molar refractivity (Wildman–Crippen MR) is 57.9 cm³/mol. The fourth-order valence-corrected chi connectivity index (χ4v) is 1.35. The summed E-state index contributed by atoms with van der Waals surface area (Å²) in [5.74, 6) is -0.564. The van der Waals surface area contributed by atoms with E-state index >= 15 is 0 Å². The van der Waals surface area contributed by atoms with E-state index in [9.17, 15) is 4.79 Å². The lowest BCUT2D eigenvalue weighted by atomic mass is 9.79. The Hall–Kier alpha value is -1.53. The maximum absolute atomic E-state index is 11.3. The fraction of sp³-hybridized carbons (Fsp3) is 0.182. The summed E-state index contributed by atoms with van der Waals surface area (Å²) < 4.78 is 0. The van der Waals surface area contributed by atoms with Crippen molar-refractivity contribution in [3.05, 3.63) is 41.3 Å². The van der Waals surface area contributed by atoms with Crippen LogP contribution in [0.4, 0.5) is 0 Å². The first kappa shape index (κ1) is 11.5. The average Bonchev–Trinajstić information content (AvgIpc) is 2.18. The van der Waals surface area contributed by atoms with Crippen LogP contribution in [-0.4, -0.2) is 5.91 Å². The maximum Gasteiger partial charge on any atom is 0.229 e. The number of primary amides is 1. The van der Waals surface area contributed by atoms with E-state index < -0.39 is 11.3 Å². The van der Waals surface area contributed by atoms with Crippen molar-refractivity contribution in [3.8, 4) is 6.07 Å². The molecule has 1 atom stereocenters. The topological polar surface area (TPSA) is 66.9 Å². The number of hydrogen-bond donors (Lipinski definition) is 1. The number of rotatable bonds is 3. The van der Waals surface area contributed by atoms with Crippen molar-refractivity contribution in [3.63, 3.8) is 0 Å². The van der Waals surface area contributed by atoms with Crippen LogP contribution in [0.2, 0.25) is 5.02 Å². The number of nitriles is 1. The Morgan fingerprint density at radius 2 is 2.07 bits per heavy atom. The molecule has 0 spiro atoms. The van der Waals surface area contributed by atoms with Crippen LogP contribution in [0.5, 0.6) is 0 Å². The zero-order valence-corrected chi connectivity index (χ0v) is 8.95. The van der Waals surface area contributed by atoms with Crippen LogP contribution in [0.15, 0.2) is 24.3 Å². The van der Waals surface area contributed by atoms with Gasteiger partial charge in [-0.15, -0.1) is 0 Å². The summed E-state index contributed by atoms with van der Waals surface area (Å²) in [7, 11) is 0. The zero-order valence-electron chi connectivity index (χ0n) is 8.20. The SMILES string of the molecule is CC([CH]C#N)(C(N)=O)c1ccc(Cl)cc1. The first-order valence-electron chi connectivity index (χ1n) is 4.30. The first-order chi connectivity index (χ1) is 7.00. The van der Waals surface area contributed by atoms with Gasteiger partial charge in [-0.05, 0) is 24.6 Å². The second-order valence-electron chi connectivity index (χ2n) is 3.35. The van der Waals surface area contributed by atoms with Gasteiger partial charge in [0.2, 0.25) is 5.91 Å². The van der Waals surface area contributed by atoms with Crippen molar-refractivity contribution in [2.45, 2.75) is 12.3 Å². The molecule has 1 rings (SSSR count). The molecule has 77 valence electrons. The Morgan fingerprint density at radius 3 is 2.47 bits per heavy atom. The molecule has 1 radical (unpaired) electrons. The quantitative estimate of drug-likeness (QED) is 0.846. The molecular formula is C11H10ClN2O. The number of nitrogens with zero attached hydrogens (tertiary/aromatic N) is 1. The van der Waals surface area contributed by atoms with Crippen molar-refractivity contribution in [2.24, 2.45) is 5.73 Å². The van der Waals surface area contributed by atoms with Crippen LogP contribution >= 0.6 is 11.6 Å². The van der Waals surface area contributed by atoms with Crippen LogP contribution in [0, 0.1) is 17.8 Å². The normalized spacial score (nSPS) is 13.9. The molecule has 0 fully saturated rings. The van der Waals surface area contributed by atoms with Gasteiger partial charge in [0.25, 0.3) is 0 Å². The molecule has 4 heteroatoms. The molecule has 1 aromatic carbocycles. The number of nitrogens with two attached hydrogens (primary N) is 1. The number of halogens is 1. The maximum atomic E-state index is 11.3. The van der Waals surface area contributed by atoms with E-state index in [1.807, 2.05) is 6.07 Å². The molecule has 1 unspecified atom stereocenters. The number of hydrogen-bond acceptors (Lipinski definition) is 2. The Balaban J connectivity index is 3.16. The summed E-state index contributed by atoms with van der Waals surface area (Å²) in [6.07, 6.45) is 1.22. The van der Waals surface area contributed by atoms with Crippen LogP contribution in [-0.2, 0) is 10.2 Å². The van der Waals surface area contributed by atoms with E-state index in [1.54, 1.807) is 31.2 Å². The van der Waals surface area contributed by atoms with E-state index in [0.717, 1.165) is 0 Å². The Labute approximate surface area is 93.5 Å². The van der Waals surface area contributed by atoms with Gasteiger partial charge in [0, 0.05) is 5.02 Å². The molecule has 0 saturated heterocycles. The lowest BCUT2D eigenvalue weighted by Gasteiger charge is -2.22. The summed E-state index contributed by atoms with van der Waals surface area (Å²) in [4.78, 5) is 11.3. The van der Waals surface area contributed by atoms with Crippen LogP contribution in [0.3, 0.4) is 0 Å². The van der Waals surface area contributed by atoms with Gasteiger partial charge in [0.1, 0.15) is 0 Å². The van der Waals surface area contributed by atoms with Crippen molar-refractivity contribution in [1.82, 2.24) is 0 Å². The molecule has 0 heterocycles. The minimum atomic E-state index is -1.07. The third-order valence-electron chi connectivity index (χ3n) is 2.31. The molecule has 2 N–H and O–H groups in total. The van der Waals surface area contributed by atoms with E-state index in [4.69, 9.17) is 22.6 Å². The van der Waals surface area contributed by atoms with Crippen molar-refractivity contribution >= 4 is 17.5 Å². The monoisotopic (exact) mass is 221 g/mol. The third kappa shape index (κ3) is 2.28. The molecule has 1 aromatic rings. The predicted octanol–water partition coefficient (Wildman–Crippen LogP) is 1.81. The van der Waals surface area contributed by atoms with Crippen LogP contribution < -0.4 is 5.73 Å². The summed E-state index contributed by atoms with van der Waals surface area (Å²) >= 11 is 5.73. The fourth-order valence-electron chi connectivity index (χ4n) is 1.22. The standard InChI is InChI=1S/C11H10ClN2O/c1-11(6-7-13,10(14)15)8-2-4-9(12)5-3-8/h2-6H,1H3,(H2,14,15). The van der Waals surface area contributed by atoms with Gasteiger partial charge >= 0.3 is 0 Å². The molecule has 0 aliphatic rings. The number of benzene rings is 1. The summed E-state index contributed by atoms with van der Waals surface area (Å²) in [5.41, 5.74) is 4.86. The van der Waals surface area contributed by atoms with E-state index in [2.05, 4.69) is 0 Å². The van der Waals surface area contributed by atoms with Gasteiger partial charge in [-0.1, -0.05) is 23.7 Å². The van der Waals surface area contributed by atoms with E-state index in [1.165, 1.54) is 6.42 Å². The average molecular weight is 222 g/mol. The highest BCUT2D eigenvalue weighted by molar-refractivity contribution is 6.30. The summed E-state index contributed by atoms with van der Waals surface area (Å²) in [6.45, 7) is 1.60. The van der Waals surface area contributed by atoms with Crippen molar-refractivity contribution in [2.75, 3.05) is 0 Å². The largest absolute Gasteiger partial charge is 0.369 e. The number of carbonyl (C=O) groups is 1. The molecule has 0 bridgehead atoms. The molecule has 15 heavy (non-hydrogen) atoms.